The first-order valence-electron chi connectivity index (χ1n) is 11.7. The van der Waals surface area contributed by atoms with Crippen molar-refractivity contribution in [3.05, 3.63) is 64.7 Å². The van der Waals surface area contributed by atoms with Crippen molar-refractivity contribution in [2.24, 2.45) is 11.0 Å². The van der Waals surface area contributed by atoms with Crippen LogP contribution in [0.4, 0.5) is 0 Å². The standard InChI is InChI=1S/C26H30ClN3O4/c1-3-34-26(32)19-7-6-14-29(16-19)17-25(31)30-24(18-10-12-20(33-2)13-11-18)15-23(28-30)21-8-4-5-9-22(21)27/h4-5,8-13,19,24H,3,6-7,14-17H2,1-2H3. The molecule has 0 aliphatic carbocycles. The molecule has 2 aromatic rings. The summed E-state index contributed by atoms with van der Waals surface area (Å²) >= 11 is 6.44. The van der Waals surface area contributed by atoms with Crippen molar-refractivity contribution in [3.8, 4) is 5.75 Å². The van der Waals surface area contributed by atoms with Gasteiger partial charge in [0.25, 0.3) is 5.91 Å². The van der Waals surface area contributed by atoms with E-state index in [4.69, 9.17) is 26.2 Å². The van der Waals surface area contributed by atoms with Crippen molar-refractivity contribution in [1.29, 1.82) is 0 Å². The van der Waals surface area contributed by atoms with Crippen molar-refractivity contribution in [1.82, 2.24) is 9.91 Å². The van der Waals surface area contributed by atoms with E-state index >= 15 is 0 Å². The van der Waals surface area contributed by atoms with Crippen molar-refractivity contribution in [3.63, 3.8) is 0 Å². The molecule has 2 aliphatic rings. The van der Waals surface area contributed by atoms with E-state index < -0.39 is 0 Å². The molecule has 34 heavy (non-hydrogen) atoms. The van der Waals surface area contributed by atoms with Gasteiger partial charge in [-0.15, -0.1) is 0 Å². The highest BCUT2D eigenvalue weighted by atomic mass is 35.5. The van der Waals surface area contributed by atoms with Crippen LogP contribution in [0.15, 0.2) is 53.6 Å². The zero-order valence-electron chi connectivity index (χ0n) is 19.6. The van der Waals surface area contributed by atoms with E-state index in [1.807, 2.05) is 60.4 Å². The minimum atomic E-state index is -0.240. The molecule has 2 unspecified atom stereocenters. The zero-order chi connectivity index (χ0) is 24.1. The maximum atomic E-state index is 13.5. The number of hydrogen-bond donors (Lipinski definition) is 0. The molecule has 1 amide bonds. The first-order chi connectivity index (χ1) is 16.5. The summed E-state index contributed by atoms with van der Waals surface area (Å²) < 4.78 is 10.5. The van der Waals surface area contributed by atoms with Gasteiger partial charge in [0.2, 0.25) is 0 Å². The van der Waals surface area contributed by atoms with E-state index in [1.54, 1.807) is 12.1 Å². The van der Waals surface area contributed by atoms with E-state index in [0.717, 1.165) is 42.0 Å². The number of hydrogen-bond acceptors (Lipinski definition) is 6. The van der Waals surface area contributed by atoms with Gasteiger partial charge in [0.1, 0.15) is 5.75 Å². The fourth-order valence-electron chi connectivity index (χ4n) is 4.60. The lowest BCUT2D eigenvalue weighted by molar-refractivity contribution is -0.150. The SMILES string of the molecule is CCOC(=O)C1CCCN(CC(=O)N2N=C(c3ccccc3Cl)CC2c2ccc(OC)cc2)C1. The first kappa shape index (κ1) is 24.2. The number of amides is 1. The third kappa shape index (κ3) is 5.42. The number of rotatable bonds is 7. The lowest BCUT2D eigenvalue weighted by Crippen LogP contribution is -2.44. The Morgan fingerprint density at radius 3 is 2.62 bits per heavy atom. The van der Waals surface area contributed by atoms with Crippen LogP contribution >= 0.6 is 11.6 Å². The van der Waals surface area contributed by atoms with Gasteiger partial charge >= 0.3 is 5.97 Å². The molecule has 2 atom stereocenters. The maximum absolute atomic E-state index is 13.5. The molecule has 2 aliphatic heterocycles. The smallest absolute Gasteiger partial charge is 0.310 e. The molecule has 7 nitrogen and oxygen atoms in total. The van der Waals surface area contributed by atoms with Crippen LogP contribution < -0.4 is 4.74 Å². The number of methoxy groups -OCH3 is 1. The molecular weight excluding hydrogens is 454 g/mol. The van der Waals surface area contributed by atoms with Crippen LogP contribution in [-0.2, 0) is 14.3 Å². The van der Waals surface area contributed by atoms with Crippen molar-refractivity contribution < 1.29 is 19.1 Å². The average molecular weight is 484 g/mol. The van der Waals surface area contributed by atoms with E-state index in [2.05, 4.69) is 0 Å². The lowest BCUT2D eigenvalue weighted by Gasteiger charge is -2.32. The van der Waals surface area contributed by atoms with Gasteiger partial charge in [-0.05, 0) is 50.1 Å². The van der Waals surface area contributed by atoms with Gasteiger partial charge in [0, 0.05) is 23.6 Å². The highest BCUT2D eigenvalue weighted by Crippen LogP contribution is 2.35. The largest absolute Gasteiger partial charge is 0.497 e. The fraction of sp³-hybridized carbons (Fsp3) is 0.423. The van der Waals surface area contributed by atoms with Crippen LogP contribution in [0, 0.1) is 5.92 Å². The van der Waals surface area contributed by atoms with Crippen LogP contribution in [0.5, 0.6) is 5.75 Å². The molecule has 0 N–H and O–H groups in total. The van der Waals surface area contributed by atoms with Gasteiger partial charge < -0.3 is 9.47 Å². The molecule has 1 fully saturated rings. The summed E-state index contributed by atoms with van der Waals surface area (Å²) in [5.74, 6) is 0.271. The average Bonchev–Trinajstić information content (AvgIpc) is 3.30. The minimum Gasteiger partial charge on any atom is -0.497 e. The van der Waals surface area contributed by atoms with E-state index in [-0.39, 0.29) is 30.4 Å². The number of carbonyl (C=O) groups is 2. The predicted molar refractivity (Wildman–Crippen MR) is 131 cm³/mol. The second-order valence-electron chi connectivity index (χ2n) is 8.58. The second kappa shape index (κ2) is 11.0. The lowest BCUT2D eigenvalue weighted by atomic mass is 9.97. The summed E-state index contributed by atoms with van der Waals surface area (Å²) in [7, 11) is 1.63. The molecular formula is C26H30ClN3O4. The van der Waals surface area contributed by atoms with Gasteiger partial charge in [-0.3, -0.25) is 14.5 Å². The molecule has 0 spiro atoms. The molecule has 2 aromatic carbocycles. The normalized spacial score (nSPS) is 20.7. The van der Waals surface area contributed by atoms with Gasteiger partial charge in [-0.25, -0.2) is 5.01 Å². The summed E-state index contributed by atoms with van der Waals surface area (Å²) in [6.45, 7) is 3.66. The highest BCUT2D eigenvalue weighted by Gasteiger charge is 2.35. The Balaban J connectivity index is 1.55. The maximum Gasteiger partial charge on any atom is 0.310 e. The number of halogens is 1. The number of likely N-dealkylation sites (tertiary alicyclic amines) is 1. The van der Waals surface area contributed by atoms with Gasteiger partial charge in [0.15, 0.2) is 0 Å². The third-order valence-corrected chi connectivity index (χ3v) is 6.67. The molecule has 8 heteroatoms. The Bertz CT molecular complexity index is 1060. The molecule has 0 bridgehead atoms. The molecule has 180 valence electrons. The van der Waals surface area contributed by atoms with Crippen LogP contribution in [0.3, 0.4) is 0 Å². The van der Waals surface area contributed by atoms with Crippen molar-refractivity contribution in [2.75, 3.05) is 33.4 Å². The molecule has 0 saturated carbocycles. The fourth-order valence-corrected chi connectivity index (χ4v) is 4.84. The Morgan fingerprint density at radius 2 is 1.91 bits per heavy atom. The monoisotopic (exact) mass is 483 g/mol. The third-order valence-electron chi connectivity index (χ3n) is 6.34. The molecule has 1 saturated heterocycles. The van der Waals surface area contributed by atoms with E-state index in [1.165, 1.54) is 0 Å². The summed E-state index contributed by atoms with van der Waals surface area (Å²) in [5, 5.41) is 6.92. The van der Waals surface area contributed by atoms with E-state index in [0.29, 0.717) is 24.6 Å². The molecule has 0 radical (unpaired) electrons. The summed E-state index contributed by atoms with van der Waals surface area (Å²) in [6, 6.07) is 15.0. The summed E-state index contributed by atoms with van der Waals surface area (Å²) in [4.78, 5) is 27.7. The van der Waals surface area contributed by atoms with Gasteiger partial charge in [-0.1, -0.05) is 41.9 Å². The quantitative estimate of drug-likeness (QED) is 0.549. The number of piperidine rings is 1. The number of benzene rings is 2. The Labute approximate surface area is 205 Å². The van der Waals surface area contributed by atoms with Crippen LogP contribution in [0.1, 0.15) is 43.4 Å². The Kier molecular flexibility index (Phi) is 7.85. The summed E-state index contributed by atoms with van der Waals surface area (Å²) in [6.07, 6.45) is 2.20. The molecule has 4 rings (SSSR count). The van der Waals surface area contributed by atoms with Crippen LogP contribution in [0.2, 0.25) is 5.02 Å². The van der Waals surface area contributed by atoms with Gasteiger partial charge in [-0.2, -0.15) is 5.10 Å². The number of nitrogens with zero attached hydrogens (tertiary/aromatic N) is 3. The molecule has 2 heterocycles. The Hall–Kier alpha value is -2.90. The predicted octanol–water partition coefficient (Wildman–Crippen LogP) is 4.30. The second-order valence-corrected chi connectivity index (χ2v) is 8.99. The van der Waals surface area contributed by atoms with Gasteiger partial charge in [0.05, 0.1) is 37.9 Å². The summed E-state index contributed by atoms with van der Waals surface area (Å²) in [5.41, 5.74) is 2.59. The number of ether oxygens (including phenoxy) is 2. The van der Waals surface area contributed by atoms with Crippen molar-refractivity contribution in [2.45, 2.75) is 32.2 Å². The Morgan fingerprint density at radius 1 is 1.15 bits per heavy atom. The molecule has 0 aromatic heterocycles. The number of carbonyl (C=O) groups excluding carboxylic acids is 2. The van der Waals surface area contributed by atoms with Crippen LogP contribution in [-0.4, -0.2) is 60.8 Å². The van der Waals surface area contributed by atoms with Crippen LogP contribution in [0.25, 0.3) is 0 Å². The zero-order valence-corrected chi connectivity index (χ0v) is 20.3. The number of esters is 1. The minimum absolute atomic E-state index is 0.104. The topological polar surface area (TPSA) is 71.4 Å². The first-order valence-corrected chi connectivity index (χ1v) is 12.0. The van der Waals surface area contributed by atoms with Crippen molar-refractivity contribution >= 4 is 29.2 Å². The number of hydrazone groups is 1. The van der Waals surface area contributed by atoms with E-state index in [9.17, 15) is 9.59 Å². The highest BCUT2D eigenvalue weighted by molar-refractivity contribution is 6.34.